The first-order valence-electron chi connectivity index (χ1n) is 14.2. The molecule has 1 fully saturated rings. The number of piperidine rings is 1. The van der Waals surface area contributed by atoms with Gasteiger partial charge in [-0.15, -0.1) is 0 Å². The molecule has 2 N–H and O–H groups in total. The van der Waals surface area contributed by atoms with Crippen LogP contribution in [0.5, 0.6) is 0 Å². The summed E-state index contributed by atoms with van der Waals surface area (Å²) in [5.74, 6) is -1.63. The molecule has 0 amide bonds. The first-order chi connectivity index (χ1) is 19.2. The van der Waals surface area contributed by atoms with Crippen LogP contribution in [-0.2, 0) is 31.1 Å². The standard InChI is InChI=1S/C34H43NO5/c1-32(2,31(36)37)26-16-18-27(19-17-26)33(39-3,40-4)22-11-23-35-24-20-30(21-25-35)34(38,28-12-7-5-8-13-28)29-14-9-6-10-15-29/h5-10,12-19,30,38H,11,20-25H2,1-4H3,(H,36,37). The Labute approximate surface area is 238 Å². The van der Waals surface area contributed by atoms with Crippen LogP contribution in [0.3, 0.4) is 0 Å². The first kappa shape index (κ1) is 29.9. The number of hydrogen-bond acceptors (Lipinski definition) is 5. The van der Waals surface area contributed by atoms with Crippen molar-refractivity contribution in [1.82, 2.24) is 4.90 Å². The van der Waals surface area contributed by atoms with E-state index in [9.17, 15) is 15.0 Å². The van der Waals surface area contributed by atoms with E-state index >= 15 is 0 Å². The molecule has 3 aromatic rings. The quantitative estimate of drug-likeness (QED) is 0.275. The average Bonchev–Trinajstić information content (AvgIpc) is 3.00. The lowest BCUT2D eigenvalue weighted by Crippen LogP contribution is -2.44. The Morgan fingerprint density at radius 3 is 1.73 bits per heavy atom. The third-order valence-corrected chi connectivity index (χ3v) is 8.83. The van der Waals surface area contributed by atoms with Crippen molar-refractivity contribution in [1.29, 1.82) is 0 Å². The second-order valence-electron chi connectivity index (χ2n) is 11.4. The predicted molar refractivity (Wildman–Crippen MR) is 157 cm³/mol. The van der Waals surface area contributed by atoms with Crippen molar-refractivity contribution in [2.75, 3.05) is 33.9 Å². The maximum atomic E-state index is 12.2. The van der Waals surface area contributed by atoms with E-state index in [4.69, 9.17) is 9.47 Å². The number of carboxylic acid groups (broad SMARTS) is 1. The molecular weight excluding hydrogens is 502 g/mol. The molecule has 1 aliphatic heterocycles. The number of aliphatic hydroxyl groups is 1. The van der Waals surface area contributed by atoms with Crippen LogP contribution in [-0.4, -0.2) is 54.9 Å². The van der Waals surface area contributed by atoms with Gasteiger partial charge >= 0.3 is 5.97 Å². The highest BCUT2D eigenvalue weighted by molar-refractivity contribution is 5.80. The Hall–Kier alpha value is -3.03. The van der Waals surface area contributed by atoms with Crippen molar-refractivity contribution in [3.05, 3.63) is 107 Å². The van der Waals surface area contributed by atoms with Gasteiger partial charge in [0.1, 0.15) is 5.60 Å². The van der Waals surface area contributed by atoms with E-state index in [-0.39, 0.29) is 5.92 Å². The van der Waals surface area contributed by atoms with Gasteiger partial charge in [0.05, 0.1) is 5.41 Å². The van der Waals surface area contributed by atoms with Crippen molar-refractivity contribution in [3.8, 4) is 0 Å². The molecule has 0 unspecified atom stereocenters. The zero-order chi connectivity index (χ0) is 28.8. The summed E-state index contributed by atoms with van der Waals surface area (Å²) in [6.07, 6.45) is 3.34. The third-order valence-electron chi connectivity index (χ3n) is 8.83. The van der Waals surface area contributed by atoms with E-state index in [1.54, 1.807) is 28.1 Å². The molecule has 214 valence electrons. The molecule has 6 nitrogen and oxygen atoms in total. The molecule has 0 bridgehead atoms. The summed E-state index contributed by atoms with van der Waals surface area (Å²) in [5, 5.41) is 21.7. The van der Waals surface area contributed by atoms with E-state index in [2.05, 4.69) is 4.90 Å². The summed E-state index contributed by atoms with van der Waals surface area (Å²) >= 11 is 0. The third kappa shape index (κ3) is 6.01. The summed E-state index contributed by atoms with van der Waals surface area (Å²) in [6, 6.07) is 27.6. The van der Waals surface area contributed by atoms with Crippen molar-refractivity contribution < 1.29 is 24.5 Å². The van der Waals surface area contributed by atoms with Gasteiger partial charge in [-0.2, -0.15) is 0 Å². The molecule has 6 heteroatoms. The molecule has 0 aliphatic carbocycles. The Morgan fingerprint density at radius 1 is 0.800 bits per heavy atom. The Bertz CT molecular complexity index is 1170. The number of aliphatic carboxylic acids is 1. The van der Waals surface area contributed by atoms with Gasteiger partial charge in [0, 0.05) is 26.2 Å². The highest BCUT2D eigenvalue weighted by Gasteiger charge is 2.41. The Kier molecular flexibility index (Phi) is 9.47. The van der Waals surface area contributed by atoms with E-state index < -0.39 is 22.8 Å². The number of nitrogens with zero attached hydrogens (tertiary/aromatic N) is 1. The summed E-state index contributed by atoms with van der Waals surface area (Å²) in [4.78, 5) is 14.1. The maximum absolute atomic E-state index is 12.2. The SMILES string of the molecule is COC(CCCN1CCC(C(O)(c2ccccc2)c2ccccc2)CC1)(OC)c1ccc(C(C)(C)C(=O)O)cc1. The van der Waals surface area contributed by atoms with Gasteiger partial charge in [-0.3, -0.25) is 4.79 Å². The molecule has 1 aliphatic rings. The number of methoxy groups -OCH3 is 2. The summed E-state index contributed by atoms with van der Waals surface area (Å²) in [7, 11) is 3.30. The van der Waals surface area contributed by atoms with Crippen molar-refractivity contribution in [2.24, 2.45) is 5.92 Å². The molecule has 0 saturated carbocycles. The largest absolute Gasteiger partial charge is 0.481 e. The van der Waals surface area contributed by atoms with Crippen LogP contribution in [0.25, 0.3) is 0 Å². The average molecular weight is 546 g/mol. The monoisotopic (exact) mass is 545 g/mol. The normalized spacial score (nSPS) is 15.7. The fourth-order valence-electron chi connectivity index (χ4n) is 6.06. The van der Waals surface area contributed by atoms with Gasteiger partial charge in [-0.05, 0) is 75.4 Å². The number of rotatable bonds is 12. The van der Waals surface area contributed by atoms with Gasteiger partial charge in [-0.25, -0.2) is 0 Å². The Morgan fingerprint density at radius 2 is 1.27 bits per heavy atom. The highest BCUT2D eigenvalue weighted by atomic mass is 16.7. The minimum Gasteiger partial charge on any atom is -0.481 e. The van der Waals surface area contributed by atoms with Crippen molar-refractivity contribution >= 4 is 5.97 Å². The van der Waals surface area contributed by atoms with Crippen LogP contribution in [0.1, 0.15) is 61.8 Å². The first-order valence-corrected chi connectivity index (χ1v) is 14.2. The molecule has 1 heterocycles. The van der Waals surface area contributed by atoms with Gasteiger partial charge < -0.3 is 24.6 Å². The van der Waals surface area contributed by atoms with Gasteiger partial charge in [0.25, 0.3) is 0 Å². The van der Waals surface area contributed by atoms with Gasteiger partial charge in [0.2, 0.25) is 0 Å². The van der Waals surface area contributed by atoms with Crippen LogP contribution >= 0.6 is 0 Å². The van der Waals surface area contributed by atoms with Crippen molar-refractivity contribution in [3.63, 3.8) is 0 Å². The topological polar surface area (TPSA) is 79.2 Å². The lowest BCUT2D eigenvalue weighted by atomic mass is 9.72. The summed E-state index contributed by atoms with van der Waals surface area (Å²) in [6.45, 7) is 6.14. The molecule has 1 saturated heterocycles. The number of carbonyl (C=O) groups is 1. The van der Waals surface area contributed by atoms with E-state index in [1.165, 1.54) is 0 Å². The number of benzene rings is 3. The number of ether oxygens (including phenoxy) is 2. The molecule has 4 rings (SSSR count). The zero-order valence-corrected chi connectivity index (χ0v) is 24.2. The lowest BCUT2D eigenvalue weighted by molar-refractivity contribution is -0.221. The molecular formula is C34H43NO5. The maximum Gasteiger partial charge on any atom is 0.313 e. The minimum atomic E-state index is -1.02. The molecule has 0 aromatic heterocycles. The van der Waals surface area contributed by atoms with Crippen LogP contribution < -0.4 is 0 Å². The summed E-state index contributed by atoms with van der Waals surface area (Å²) in [5.41, 5.74) is 1.51. The van der Waals surface area contributed by atoms with Gasteiger partial charge in [0.15, 0.2) is 5.79 Å². The highest BCUT2D eigenvalue weighted by Crippen LogP contribution is 2.42. The molecule has 0 spiro atoms. The fourth-order valence-corrected chi connectivity index (χ4v) is 6.06. The molecule has 3 aromatic carbocycles. The van der Waals surface area contributed by atoms with Crippen LogP contribution in [0, 0.1) is 5.92 Å². The number of hydrogen-bond donors (Lipinski definition) is 2. The fraction of sp³-hybridized carbons (Fsp3) is 0.441. The van der Waals surface area contributed by atoms with Gasteiger partial charge in [-0.1, -0.05) is 84.9 Å². The van der Waals surface area contributed by atoms with E-state index in [1.807, 2.05) is 84.9 Å². The Balaban J connectivity index is 1.39. The molecule has 40 heavy (non-hydrogen) atoms. The zero-order valence-electron chi connectivity index (χ0n) is 24.2. The second-order valence-corrected chi connectivity index (χ2v) is 11.4. The van der Waals surface area contributed by atoms with Crippen LogP contribution in [0.15, 0.2) is 84.9 Å². The minimum absolute atomic E-state index is 0.124. The lowest BCUT2D eigenvalue weighted by Gasteiger charge is -2.42. The smallest absolute Gasteiger partial charge is 0.313 e. The van der Waals surface area contributed by atoms with Crippen LogP contribution in [0.2, 0.25) is 0 Å². The van der Waals surface area contributed by atoms with E-state index in [0.717, 1.165) is 61.2 Å². The van der Waals surface area contributed by atoms with E-state index in [0.29, 0.717) is 6.42 Å². The molecule has 0 atom stereocenters. The van der Waals surface area contributed by atoms with Crippen LogP contribution in [0.4, 0.5) is 0 Å². The second kappa shape index (κ2) is 12.6. The predicted octanol–water partition coefficient (Wildman–Crippen LogP) is 5.92. The molecule has 0 radical (unpaired) electrons. The number of likely N-dealkylation sites (tertiary alicyclic amines) is 1. The summed E-state index contributed by atoms with van der Waals surface area (Å²) < 4.78 is 11.8. The number of carboxylic acids is 1. The van der Waals surface area contributed by atoms with Crippen molar-refractivity contribution in [2.45, 2.75) is 56.3 Å².